The van der Waals surface area contributed by atoms with Crippen molar-refractivity contribution in [1.82, 2.24) is 10.3 Å². The fourth-order valence-corrected chi connectivity index (χ4v) is 3.37. The highest BCUT2D eigenvalue weighted by Gasteiger charge is 2.14. The second kappa shape index (κ2) is 6.32. The Hall–Kier alpha value is -0.900. The lowest BCUT2D eigenvalue weighted by molar-refractivity contribution is -0.123. The van der Waals surface area contributed by atoms with Gasteiger partial charge >= 0.3 is 0 Å². The van der Waals surface area contributed by atoms with Crippen molar-refractivity contribution >= 4 is 17.2 Å². The van der Waals surface area contributed by atoms with Crippen LogP contribution in [0, 0.1) is 5.92 Å². The van der Waals surface area contributed by atoms with Gasteiger partial charge in [0.25, 0.3) is 0 Å². The van der Waals surface area contributed by atoms with Crippen LogP contribution in [0.25, 0.3) is 0 Å². The van der Waals surface area contributed by atoms with Crippen LogP contribution in [0.4, 0.5) is 0 Å². The third-order valence-electron chi connectivity index (χ3n) is 3.28. The van der Waals surface area contributed by atoms with E-state index in [4.69, 9.17) is 4.98 Å². The fraction of sp³-hybridized carbons (Fsp3) is 0.714. The van der Waals surface area contributed by atoms with Crippen LogP contribution in [-0.2, 0) is 24.1 Å². The Labute approximate surface area is 113 Å². The second-order valence-electron chi connectivity index (χ2n) is 5.23. The molecular formula is C14H22N2OS. The van der Waals surface area contributed by atoms with Crippen LogP contribution < -0.4 is 5.32 Å². The third-order valence-corrected chi connectivity index (χ3v) is 4.50. The maximum absolute atomic E-state index is 11.4. The average Bonchev–Trinajstić information content (AvgIpc) is 2.76. The second-order valence-corrected chi connectivity index (χ2v) is 6.40. The van der Waals surface area contributed by atoms with Crippen LogP contribution in [-0.4, -0.2) is 17.4 Å². The summed E-state index contributed by atoms with van der Waals surface area (Å²) in [6.07, 6.45) is 6.98. The van der Waals surface area contributed by atoms with Gasteiger partial charge in [-0.05, 0) is 32.1 Å². The number of hydrogen-bond donors (Lipinski definition) is 1. The normalized spacial score (nSPS) is 14.6. The standard InChI is InChI=1S/C14H22N2OS/c1-10(2)14(17)15-9-5-8-13-16-11-6-3-4-7-12(11)18-13/h10H,3-9H2,1-2H3,(H,15,17). The third kappa shape index (κ3) is 3.55. The van der Waals surface area contributed by atoms with Crippen molar-refractivity contribution in [3.63, 3.8) is 0 Å². The van der Waals surface area contributed by atoms with E-state index in [1.54, 1.807) is 0 Å². The molecule has 0 atom stereocenters. The van der Waals surface area contributed by atoms with Crippen molar-refractivity contribution in [2.24, 2.45) is 5.92 Å². The SMILES string of the molecule is CC(C)C(=O)NCCCc1nc2c(s1)CCCC2. The van der Waals surface area contributed by atoms with E-state index < -0.39 is 0 Å². The lowest BCUT2D eigenvalue weighted by atomic mass is 10.0. The summed E-state index contributed by atoms with van der Waals surface area (Å²) in [5.74, 6) is 0.227. The van der Waals surface area contributed by atoms with E-state index in [2.05, 4.69) is 5.32 Å². The number of aromatic nitrogens is 1. The Morgan fingerprint density at radius 2 is 2.17 bits per heavy atom. The minimum absolute atomic E-state index is 0.0807. The van der Waals surface area contributed by atoms with E-state index in [9.17, 15) is 4.79 Å². The van der Waals surface area contributed by atoms with E-state index in [0.717, 1.165) is 25.8 Å². The van der Waals surface area contributed by atoms with E-state index in [1.807, 2.05) is 25.2 Å². The van der Waals surface area contributed by atoms with Gasteiger partial charge in [-0.3, -0.25) is 4.79 Å². The van der Waals surface area contributed by atoms with Crippen LogP contribution in [0.5, 0.6) is 0 Å². The van der Waals surface area contributed by atoms with Crippen LogP contribution in [0.2, 0.25) is 0 Å². The number of fused-ring (bicyclic) bond motifs is 1. The number of carbonyl (C=O) groups excluding carboxylic acids is 1. The number of nitrogens with one attached hydrogen (secondary N) is 1. The fourth-order valence-electron chi connectivity index (χ4n) is 2.17. The first-order valence-electron chi connectivity index (χ1n) is 6.92. The zero-order valence-electron chi connectivity index (χ0n) is 11.3. The molecule has 100 valence electrons. The largest absolute Gasteiger partial charge is 0.356 e. The maximum Gasteiger partial charge on any atom is 0.222 e. The first-order valence-corrected chi connectivity index (χ1v) is 7.73. The van der Waals surface area contributed by atoms with Crippen molar-refractivity contribution in [2.75, 3.05) is 6.54 Å². The number of hydrogen-bond acceptors (Lipinski definition) is 3. The molecule has 0 radical (unpaired) electrons. The van der Waals surface area contributed by atoms with Crippen molar-refractivity contribution in [3.05, 3.63) is 15.6 Å². The number of rotatable bonds is 5. The number of aryl methyl sites for hydroxylation is 3. The van der Waals surface area contributed by atoms with Crippen molar-refractivity contribution in [1.29, 1.82) is 0 Å². The molecule has 3 nitrogen and oxygen atoms in total. The molecule has 2 rings (SSSR count). The molecule has 0 saturated carbocycles. The first-order chi connectivity index (χ1) is 8.66. The van der Waals surface area contributed by atoms with Crippen LogP contribution in [0.1, 0.15) is 48.7 Å². The quantitative estimate of drug-likeness (QED) is 0.833. The molecule has 1 aromatic rings. The van der Waals surface area contributed by atoms with Crippen LogP contribution >= 0.6 is 11.3 Å². The van der Waals surface area contributed by atoms with Gasteiger partial charge in [0.1, 0.15) is 0 Å². The van der Waals surface area contributed by atoms with Crippen molar-refractivity contribution < 1.29 is 4.79 Å². The van der Waals surface area contributed by atoms with E-state index >= 15 is 0 Å². The van der Waals surface area contributed by atoms with Gasteiger partial charge in [-0.1, -0.05) is 13.8 Å². The Bertz CT molecular complexity index is 388. The Morgan fingerprint density at radius 1 is 1.39 bits per heavy atom. The van der Waals surface area contributed by atoms with E-state index in [1.165, 1.54) is 34.8 Å². The Balaban J connectivity index is 1.74. The summed E-state index contributed by atoms with van der Waals surface area (Å²) in [7, 11) is 0. The van der Waals surface area contributed by atoms with Crippen LogP contribution in [0.3, 0.4) is 0 Å². The zero-order valence-corrected chi connectivity index (χ0v) is 12.1. The van der Waals surface area contributed by atoms with Gasteiger partial charge in [0, 0.05) is 23.8 Å². The predicted octanol–water partition coefficient (Wildman–Crippen LogP) is 2.73. The Kier molecular flexibility index (Phi) is 4.75. The molecule has 1 N–H and O–H groups in total. The van der Waals surface area contributed by atoms with Gasteiger partial charge in [0.05, 0.1) is 10.7 Å². The number of carbonyl (C=O) groups is 1. The average molecular weight is 266 g/mol. The van der Waals surface area contributed by atoms with Crippen molar-refractivity contribution in [2.45, 2.75) is 52.4 Å². The van der Waals surface area contributed by atoms with Crippen LogP contribution in [0.15, 0.2) is 0 Å². The molecule has 0 unspecified atom stereocenters. The van der Waals surface area contributed by atoms with Gasteiger partial charge in [-0.15, -0.1) is 11.3 Å². The summed E-state index contributed by atoms with van der Waals surface area (Å²) in [5, 5.41) is 4.20. The topological polar surface area (TPSA) is 42.0 Å². The smallest absolute Gasteiger partial charge is 0.222 e. The van der Waals surface area contributed by atoms with Gasteiger partial charge in [-0.2, -0.15) is 0 Å². The lowest BCUT2D eigenvalue weighted by Crippen LogP contribution is -2.28. The molecule has 1 aliphatic rings. The summed E-state index contributed by atoms with van der Waals surface area (Å²) >= 11 is 1.88. The molecule has 4 heteroatoms. The van der Waals surface area contributed by atoms with E-state index in [0.29, 0.717) is 0 Å². The summed E-state index contributed by atoms with van der Waals surface area (Å²) in [5.41, 5.74) is 1.34. The van der Waals surface area contributed by atoms with Gasteiger partial charge in [-0.25, -0.2) is 4.98 Å². The summed E-state index contributed by atoms with van der Waals surface area (Å²) < 4.78 is 0. The summed E-state index contributed by atoms with van der Waals surface area (Å²) in [6.45, 7) is 4.61. The minimum atomic E-state index is 0.0807. The highest BCUT2D eigenvalue weighted by Crippen LogP contribution is 2.27. The molecule has 0 aliphatic heterocycles. The molecule has 0 bridgehead atoms. The molecule has 18 heavy (non-hydrogen) atoms. The molecule has 1 aliphatic carbocycles. The first kappa shape index (κ1) is 13.5. The molecule has 0 spiro atoms. The number of amides is 1. The molecule has 1 amide bonds. The molecule has 0 fully saturated rings. The molecule has 0 saturated heterocycles. The van der Waals surface area contributed by atoms with Gasteiger partial charge < -0.3 is 5.32 Å². The van der Waals surface area contributed by atoms with Gasteiger partial charge in [0.15, 0.2) is 0 Å². The van der Waals surface area contributed by atoms with E-state index in [-0.39, 0.29) is 11.8 Å². The Morgan fingerprint density at radius 3 is 2.89 bits per heavy atom. The summed E-state index contributed by atoms with van der Waals surface area (Å²) in [6, 6.07) is 0. The highest BCUT2D eigenvalue weighted by molar-refractivity contribution is 7.11. The minimum Gasteiger partial charge on any atom is -0.356 e. The zero-order chi connectivity index (χ0) is 13.0. The molecule has 0 aromatic carbocycles. The molecule has 1 heterocycles. The predicted molar refractivity (Wildman–Crippen MR) is 74.9 cm³/mol. The van der Waals surface area contributed by atoms with Crippen molar-refractivity contribution in [3.8, 4) is 0 Å². The van der Waals surface area contributed by atoms with Gasteiger partial charge in [0.2, 0.25) is 5.91 Å². The summed E-state index contributed by atoms with van der Waals surface area (Å²) in [4.78, 5) is 17.6. The monoisotopic (exact) mass is 266 g/mol. The maximum atomic E-state index is 11.4. The molecular weight excluding hydrogens is 244 g/mol. The molecule has 1 aromatic heterocycles. The number of thiazole rings is 1. The lowest BCUT2D eigenvalue weighted by Gasteiger charge is -2.06. The highest BCUT2D eigenvalue weighted by atomic mass is 32.1. The number of nitrogens with zero attached hydrogens (tertiary/aromatic N) is 1.